The molecule has 1 atom stereocenters. The van der Waals surface area contributed by atoms with Gasteiger partial charge in [-0.05, 0) is 18.2 Å². The maximum absolute atomic E-state index is 15.0. The first kappa shape index (κ1) is 24.5. The summed E-state index contributed by atoms with van der Waals surface area (Å²) < 4.78 is 74.5. The highest BCUT2D eigenvalue weighted by Gasteiger charge is 2.28. The largest absolute Gasteiger partial charge is 0.373 e. The van der Waals surface area contributed by atoms with Gasteiger partial charge in [0.05, 0.1) is 45.8 Å². The lowest BCUT2D eigenvalue weighted by atomic mass is 10.1. The third-order valence-corrected chi connectivity index (χ3v) is 6.72. The molecule has 8 nitrogen and oxygen atoms in total. The zero-order chi connectivity index (χ0) is 24.8. The third kappa shape index (κ3) is 4.63. The molecule has 1 fully saturated rings. The molecule has 0 saturated carbocycles. The number of hydrogen-bond donors (Lipinski definition) is 1. The summed E-state index contributed by atoms with van der Waals surface area (Å²) in [6.07, 6.45) is -0.267. The number of rotatable bonds is 5. The molecule has 1 aromatic heterocycles. The van der Waals surface area contributed by atoms with E-state index < -0.39 is 44.0 Å². The van der Waals surface area contributed by atoms with Gasteiger partial charge in [-0.1, -0.05) is 18.5 Å². The highest BCUT2D eigenvalue weighted by molar-refractivity contribution is 7.89. The van der Waals surface area contributed by atoms with E-state index in [1.165, 1.54) is 10.6 Å². The summed E-state index contributed by atoms with van der Waals surface area (Å²) in [5.74, 6) is -3.51. The van der Waals surface area contributed by atoms with E-state index in [9.17, 15) is 26.4 Å². The van der Waals surface area contributed by atoms with Crippen molar-refractivity contribution in [2.75, 3.05) is 19.7 Å². The number of primary sulfonamides is 1. The van der Waals surface area contributed by atoms with E-state index in [4.69, 9.17) is 21.5 Å². The van der Waals surface area contributed by atoms with Crippen LogP contribution in [0.5, 0.6) is 0 Å². The van der Waals surface area contributed by atoms with Gasteiger partial charge in [0.2, 0.25) is 15.9 Å². The molecule has 1 saturated heterocycles. The van der Waals surface area contributed by atoms with Gasteiger partial charge in [-0.25, -0.2) is 31.7 Å². The number of carbonyl (C=O) groups is 1. The van der Waals surface area contributed by atoms with E-state index in [1.54, 1.807) is 11.8 Å². The summed E-state index contributed by atoms with van der Waals surface area (Å²) in [6, 6.07) is 3.48. The van der Waals surface area contributed by atoms with Crippen LogP contribution in [0.1, 0.15) is 13.3 Å². The summed E-state index contributed by atoms with van der Waals surface area (Å²) in [7, 11) is -4.36. The Kier molecular flexibility index (Phi) is 6.60. The fraction of sp³-hybridized carbons (Fsp3) is 0.333. The predicted molar refractivity (Wildman–Crippen MR) is 118 cm³/mol. The number of nitrogens with two attached hydrogens (primary N) is 1. The SMILES string of the molecule is CCC(=O)N1CCO[C@@H](Cn2c(-c3c(F)cc(S(N)(=O)=O)cc3F)nc3cc(Cl)c(F)cc32)C1. The lowest BCUT2D eigenvalue weighted by Gasteiger charge is -2.33. The van der Waals surface area contributed by atoms with Crippen molar-refractivity contribution in [2.24, 2.45) is 5.14 Å². The van der Waals surface area contributed by atoms with Crippen molar-refractivity contribution in [1.29, 1.82) is 0 Å². The van der Waals surface area contributed by atoms with Crippen LogP contribution in [-0.2, 0) is 26.1 Å². The van der Waals surface area contributed by atoms with Crippen molar-refractivity contribution in [2.45, 2.75) is 30.9 Å². The topological polar surface area (TPSA) is 108 Å². The number of amides is 1. The zero-order valence-electron chi connectivity index (χ0n) is 17.9. The standard InChI is InChI=1S/C21H20ClF3N4O4S/c1-2-19(30)28-3-4-33-11(9-28)10-29-18-8-14(23)13(22)7-17(18)27-21(29)20-15(24)5-12(6-16(20)25)34(26,31)32/h5-8,11H,2-4,9-10H2,1H3,(H2,26,31,32)/t11-/m1/s1. The number of ether oxygens (including phenoxy) is 1. The summed E-state index contributed by atoms with van der Waals surface area (Å²) in [5.41, 5.74) is -0.279. The number of benzene rings is 2. The van der Waals surface area contributed by atoms with E-state index in [-0.39, 0.29) is 47.5 Å². The van der Waals surface area contributed by atoms with Crippen LogP contribution in [0.25, 0.3) is 22.4 Å². The molecule has 2 aromatic carbocycles. The van der Waals surface area contributed by atoms with Crippen molar-refractivity contribution in [3.8, 4) is 11.4 Å². The highest BCUT2D eigenvalue weighted by atomic mass is 35.5. The minimum Gasteiger partial charge on any atom is -0.373 e. The van der Waals surface area contributed by atoms with Gasteiger partial charge >= 0.3 is 0 Å². The van der Waals surface area contributed by atoms with Crippen LogP contribution in [0.2, 0.25) is 5.02 Å². The summed E-state index contributed by atoms with van der Waals surface area (Å²) in [4.78, 5) is 17.3. The lowest BCUT2D eigenvalue weighted by molar-refractivity contribution is -0.138. The monoisotopic (exact) mass is 516 g/mol. The van der Waals surface area contributed by atoms with E-state index in [0.717, 1.165) is 6.07 Å². The molecule has 0 bridgehead atoms. The van der Waals surface area contributed by atoms with Crippen LogP contribution in [0.3, 0.4) is 0 Å². The average Bonchev–Trinajstić information content (AvgIpc) is 3.09. The number of nitrogens with zero attached hydrogens (tertiary/aromatic N) is 3. The smallest absolute Gasteiger partial charge is 0.238 e. The second-order valence-corrected chi connectivity index (χ2v) is 9.76. The fourth-order valence-electron chi connectivity index (χ4n) is 3.91. The molecule has 3 aromatic rings. The molecule has 4 rings (SSSR count). The van der Waals surface area contributed by atoms with Crippen LogP contribution in [-0.4, -0.2) is 54.6 Å². The van der Waals surface area contributed by atoms with Gasteiger partial charge in [-0.2, -0.15) is 0 Å². The summed E-state index contributed by atoms with van der Waals surface area (Å²) >= 11 is 5.87. The molecular weight excluding hydrogens is 497 g/mol. The van der Waals surface area contributed by atoms with Crippen LogP contribution < -0.4 is 5.14 Å². The van der Waals surface area contributed by atoms with E-state index in [0.29, 0.717) is 25.1 Å². The maximum Gasteiger partial charge on any atom is 0.238 e. The molecule has 2 N–H and O–H groups in total. The second-order valence-electron chi connectivity index (χ2n) is 7.79. The molecule has 34 heavy (non-hydrogen) atoms. The lowest BCUT2D eigenvalue weighted by Crippen LogP contribution is -2.46. The van der Waals surface area contributed by atoms with Gasteiger partial charge in [-0.15, -0.1) is 0 Å². The van der Waals surface area contributed by atoms with Crippen LogP contribution >= 0.6 is 11.6 Å². The normalized spacial score (nSPS) is 16.9. The molecule has 1 aliphatic heterocycles. The van der Waals surface area contributed by atoms with Crippen LogP contribution in [0.4, 0.5) is 13.2 Å². The average molecular weight is 517 g/mol. The molecule has 1 amide bonds. The van der Waals surface area contributed by atoms with E-state index >= 15 is 0 Å². The van der Waals surface area contributed by atoms with Crippen molar-refractivity contribution in [3.05, 3.63) is 46.7 Å². The Hall–Kier alpha value is -2.67. The summed E-state index contributed by atoms with van der Waals surface area (Å²) in [6.45, 7) is 2.60. The maximum atomic E-state index is 15.0. The Labute approximate surface area is 198 Å². The van der Waals surface area contributed by atoms with Gasteiger partial charge < -0.3 is 14.2 Å². The Morgan fingerprint density at radius 1 is 1.21 bits per heavy atom. The molecular formula is C21H20ClF3N4O4S. The van der Waals surface area contributed by atoms with Gasteiger partial charge in [-0.3, -0.25) is 4.79 Å². The number of aromatic nitrogens is 2. The molecule has 2 heterocycles. The first-order valence-corrected chi connectivity index (χ1v) is 12.2. The Bertz CT molecular complexity index is 1370. The minimum absolute atomic E-state index is 0.0176. The molecule has 1 aliphatic rings. The van der Waals surface area contributed by atoms with Crippen molar-refractivity contribution in [3.63, 3.8) is 0 Å². The molecule has 0 spiro atoms. The minimum atomic E-state index is -4.36. The number of imidazole rings is 1. The third-order valence-electron chi connectivity index (χ3n) is 5.54. The number of carbonyl (C=O) groups excluding carboxylic acids is 1. The van der Waals surface area contributed by atoms with Crippen molar-refractivity contribution >= 4 is 38.6 Å². The van der Waals surface area contributed by atoms with Gasteiger partial charge in [0.15, 0.2) is 0 Å². The van der Waals surface area contributed by atoms with E-state index in [1.807, 2.05) is 0 Å². The number of hydrogen-bond acceptors (Lipinski definition) is 5. The Balaban J connectivity index is 1.85. The molecule has 0 unspecified atom stereocenters. The van der Waals surface area contributed by atoms with Crippen LogP contribution in [0, 0.1) is 17.5 Å². The Morgan fingerprint density at radius 2 is 1.88 bits per heavy atom. The quantitative estimate of drug-likeness (QED) is 0.561. The first-order chi connectivity index (χ1) is 16.0. The van der Waals surface area contributed by atoms with E-state index in [2.05, 4.69) is 4.98 Å². The fourth-order valence-corrected chi connectivity index (χ4v) is 4.60. The van der Waals surface area contributed by atoms with Crippen molar-refractivity contribution in [1.82, 2.24) is 14.5 Å². The second kappa shape index (κ2) is 9.17. The number of fused-ring (bicyclic) bond motifs is 1. The number of morpholine rings is 1. The van der Waals surface area contributed by atoms with Crippen LogP contribution in [0.15, 0.2) is 29.2 Å². The van der Waals surface area contributed by atoms with Gasteiger partial charge in [0.1, 0.15) is 23.3 Å². The molecule has 0 aliphatic carbocycles. The Morgan fingerprint density at radius 3 is 2.50 bits per heavy atom. The predicted octanol–water partition coefficient (Wildman–Crippen LogP) is 3.06. The van der Waals surface area contributed by atoms with Gasteiger partial charge in [0.25, 0.3) is 0 Å². The molecule has 182 valence electrons. The van der Waals surface area contributed by atoms with Crippen molar-refractivity contribution < 1.29 is 31.1 Å². The molecule has 0 radical (unpaired) electrons. The summed E-state index contributed by atoms with van der Waals surface area (Å²) in [5, 5.41) is 4.76. The van der Waals surface area contributed by atoms with Gasteiger partial charge in [0, 0.05) is 25.6 Å². The first-order valence-electron chi connectivity index (χ1n) is 10.3. The molecule has 13 heteroatoms. The number of sulfonamides is 1. The highest BCUT2D eigenvalue weighted by Crippen LogP contribution is 2.33. The zero-order valence-corrected chi connectivity index (χ0v) is 19.5. The number of halogens is 4.